The van der Waals surface area contributed by atoms with Crippen LogP contribution in [0.15, 0.2) is 36.8 Å². The molecule has 17 heavy (non-hydrogen) atoms. The van der Waals surface area contributed by atoms with Gasteiger partial charge >= 0.3 is 0 Å². The molecule has 90 valence electrons. The first-order chi connectivity index (χ1) is 7.72. The Morgan fingerprint density at radius 2 is 2.12 bits per heavy atom. The number of hydrogen-bond acceptors (Lipinski definition) is 1. The molecule has 0 amide bonds. The van der Waals surface area contributed by atoms with Crippen molar-refractivity contribution in [3.8, 4) is 0 Å². The highest BCUT2D eigenvalue weighted by molar-refractivity contribution is 5.85. The molecular weight excluding hydrogens is 232 g/mol. The summed E-state index contributed by atoms with van der Waals surface area (Å²) in [6, 6.07) is 8.76. The van der Waals surface area contributed by atoms with E-state index in [9.17, 15) is 0 Å². The lowest BCUT2D eigenvalue weighted by atomic mass is 9.76. The van der Waals surface area contributed by atoms with E-state index in [1.807, 2.05) is 6.20 Å². The molecule has 2 unspecified atom stereocenters. The molecule has 1 N–H and O–H groups in total. The van der Waals surface area contributed by atoms with Crippen molar-refractivity contribution in [1.29, 1.82) is 0 Å². The maximum atomic E-state index is 4.15. The third kappa shape index (κ3) is 1.67. The minimum Gasteiger partial charge on any atom is -0.348 e. The molecule has 0 aliphatic heterocycles. The maximum Gasteiger partial charge on any atom is 0.0921 e. The Kier molecular flexibility index (Phi) is 3.00. The molecule has 2 nitrogen and oxygen atoms in total. The largest absolute Gasteiger partial charge is 0.348 e. The van der Waals surface area contributed by atoms with Gasteiger partial charge in [0.25, 0.3) is 0 Å². The van der Waals surface area contributed by atoms with Crippen LogP contribution in [-0.2, 0) is 11.8 Å². The molecular formula is C14H17ClN2. The highest BCUT2D eigenvalue weighted by atomic mass is 35.5. The van der Waals surface area contributed by atoms with Gasteiger partial charge in [0.15, 0.2) is 0 Å². The van der Waals surface area contributed by atoms with Crippen LogP contribution in [0.3, 0.4) is 0 Å². The molecule has 1 aromatic heterocycles. The minimum atomic E-state index is 0. The van der Waals surface area contributed by atoms with Crippen LogP contribution >= 0.6 is 12.4 Å². The van der Waals surface area contributed by atoms with Gasteiger partial charge in [-0.1, -0.05) is 38.1 Å². The average molecular weight is 249 g/mol. The summed E-state index contributed by atoms with van der Waals surface area (Å²) in [5.74, 6) is 0.546. The van der Waals surface area contributed by atoms with E-state index in [0.29, 0.717) is 5.92 Å². The van der Waals surface area contributed by atoms with Crippen molar-refractivity contribution >= 4 is 12.4 Å². The number of imidazole rings is 1. The number of fused-ring (bicyclic) bond motifs is 1. The van der Waals surface area contributed by atoms with Gasteiger partial charge in [0.1, 0.15) is 0 Å². The van der Waals surface area contributed by atoms with Gasteiger partial charge in [-0.2, -0.15) is 0 Å². The first-order valence-electron chi connectivity index (χ1n) is 5.78. The number of halogens is 1. The second-order valence-electron chi connectivity index (χ2n) is 4.98. The third-order valence-corrected chi connectivity index (χ3v) is 4.15. The zero-order valence-electron chi connectivity index (χ0n) is 10.1. The van der Waals surface area contributed by atoms with Crippen molar-refractivity contribution in [3.05, 3.63) is 53.6 Å². The maximum absolute atomic E-state index is 4.15. The number of nitrogens with zero attached hydrogens (tertiary/aromatic N) is 1. The van der Waals surface area contributed by atoms with Crippen LogP contribution in [0.5, 0.6) is 0 Å². The number of benzene rings is 1. The second kappa shape index (κ2) is 4.19. The van der Waals surface area contributed by atoms with Gasteiger partial charge in [0.2, 0.25) is 0 Å². The van der Waals surface area contributed by atoms with E-state index >= 15 is 0 Å². The smallest absolute Gasteiger partial charge is 0.0921 e. The van der Waals surface area contributed by atoms with E-state index in [2.05, 4.69) is 48.1 Å². The number of hydrogen-bond donors (Lipinski definition) is 1. The molecule has 0 saturated heterocycles. The fourth-order valence-corrected chi connectivity index (χ4v) is 2.91. The molecule has 1 aliphatic rings. The van der Waals surface area contributed by atoms with Gasteiger partial charge in [0, 0.05) is 17.3 Å². The van der Waals surface area contributed by atoms with Gasteiger partial charge in [-0.05, 0) is 23.5 Å². The Morgan fingerprint density at radius 1 is 1.35 bits per heavy atom. The summed E-state index contributed by atoms with van der Waals surface area (Å²) in [5.41, 5.74) is 4.38. The first kappa shape index (κ1) is 12.2. The van der Waals surface area contributed by atoms with Crippen LogP contribution in [0.25, 0.3) is 0 Å². The van der Waals surface area contributed by atoms with E-state index in [-0.39, 0.29) is 17.8 Å². The van der Waals surface area contributed by atoms with Crippen LogP contribution in [0, 0.1) is 0 Å². The topological polar surface area (TPSA) is 28.7 Å². The Hall–Kier alpha value is -1.28. The number of nitrogens with one attached hydrogen (secondary N) is 1. The Labute approximate surface area is 108 Å². The second-order valence-corrected chi connectivity index (χ2v) is 4.98. The monoisotopic (exact) mass is 248 g/mol. The van der Waals surface area contributed by atoms with Gasteiger partial charge < -0.3 is 4.98 Å². The Bertz CT molecular complexity index is 507. The molecule has 0 fully saturated rings. The molecule has 2 aromatic rings. The van der Waals surface area contributed by atoms with E-state index in [1.54, 1.807) is 6.33 Å². The van der Waals surface area contributed by atoms with Crippen LogP contribution in [0.1, 0.15) is 36.6 Å². The number of aromatic amines is 1. The van der Waals surface area contributed by atoms with Crippen molar-refractivity contribution in [2.45, 2.75) is 31.6 Å². The number of rotatable bonds is 1. The van der Waals surface area contributed by atoms with Crippen LogP contribution < -0.4 is 0 Å². The standard InChI is InChI=1S/C14H16N2.ClH/c1-10-12-6-4-3-5-11(12)7-14(10,2)13-8-15-9-16-13;/h3-6,8-10H,7H2,1-2H3,(H,15,16);1H. The highest BCUT2D eigenvalue weighted by Crippen LogP contribution is 2.47. The SMILES string of the molecule is CC1c2ccccc2CC1(C)c1cnc[nH]1.Cl. The zero-order valence-corrected chi connectivity index (χ0v) is 10.9. The summed E-state index contributed by atoms with van der Waals surface area (Å²) < 4.78 is 0. The molecule has 2 atom stereocenters. The van der Waals surface area contributed by atoms with Gasteiger partial charge in [-0.15, -0.1) is 12.4 Å². The fourth-order valence-electron chi connectivity index (χ4n) is 2.91. The van der Waals surface area contributed by atoms with Crippen molar-refractivity contribution in [2.75, 3.05) is 0 Å². The van der Waals surface area contributed by atoms with Crippen molar-refractivity contribution in [2.24, 2.45) is 0 Å². The predicted octanol–water partition coefficient (Wildman–Crippen LogP) is 3.45. The van der Waals surface area contributed by atoms with Gasteiger partial charge in [-0.3, -0.25) is 0 Å². The summed E-state index contributed by atoms with van der Waals surface area (Å²) in [6.45, 7) is 4.64. The molecule has 3 rings (SSSR count). The van der Waals surface area contributed by atoms with E-state index < -0.39 is 0 Å². The van der Waals surface area contributed by atoms with E-state index in [4.69, 9.17) is 0 Å². The lowest BCUT2D eigenvalue weighted by Gasteiger charge is -2.28. The van der Waals surface area contributed by atoms with Crippen molar-refractivity contribution in [1.82, 2.24) is 9.97 Å². The summed E-state index contributed by atoms with van der Waals surface area (Å²) in [6.07, 6.45) is 4.84. The molecule has 1 heterocycles. The highest BCUT2D eigenvalue weighted by Gasteiger charge is 2.41. The van der Waals surface area contributed by atoms with Crippen molar-refractivity contribution < 1.29 is 0 Å². The van der Waals surface area contributed by atoms with Crippen LogP contribution in [0.2, 0.25) is 0 Å². The lowest BCUT2D eigenvalue weighted by Crippen LogP contribution is -2.26. The predicted molar refractivity (Wildman–Crippen MR) is 71.7 cm³/mol. The molecule has 1 aliphatic carbocycles. The quantitative estimate of drug-likeness (QED) is 0.823. The molecule has 0 radical (unpaired) electrons. The summed E-state index contributed by atoms with van der Waals surface area (Å²) in [4.78, 5) is 7.43. The fraction of sp³-hybridized carbons (Fsp3) is 0.357. The summed E-state index contributed by atoms with van der Waals surface area (Å²) >= 11 is 0. The number of H-pyrrole nitrogens is 1. The molecule has 0 spiro atoms. The Balaban J connectivity index is 0.00000108. The van der Waals surface area contributed by atoms with Gasteiger partial charge in [-0.25, -0.2) is 4.98 Å². The number of aromatic nitrogens is 2. The molecule has 0 saturated carbocycles. The molecule has 0 bridgehead atoms. The lowest BCUT2D eigenvalue weighted by molar-refractivity contribution is 0.419. The van der Waals surface area contributed by atoms with E-state index in [0.717, 1.165) is 6.42 Å². The summed E-state index contributed by atoms with van der Waals surface area (Å²) in [7, 11) is 0. The van der Waals surface area contributed by atoms with Crippen molar-refractivity contribution in [3.63, 3.8) is 0 Å². The van der Waals surface area contributed by atoms with Crippen LogP contribution in [-0.4, -0.2) is 9.97 Å². The van der Waals surface area contributed by atoms with Gasteiger partial charge in [0.05, 0.1) is 6.33 Å². The van der Waals surface area contributed by atoms with Crippen LogP contribution in [0.4, 0.5) is 0 Å². The normalized spacial score (nSPS) is 26.4. The van der Waals surface area contributed by atoms with E-state index in [1.165, 1.54) is 16.8 Å². The first-order valence-corrected chi connectivity index (χ1v) is 5.78. The average Bonchev–Trinajstić information content (AvgIpc) is 2.89. The summed E-state index contributed by atoms with van der Waals surface area (Å²) in [5, 5.41) is 0. The molecule has 3 heteroatoms. The Morgan fingerprint density at radius 3 is 2.76 bits per heavy atom. The third-order valence-electron chi connectivity index (χ3n) is 4.15. The minimum absolute atomic E-state index is 0. The zero-order chi connectivity index (χ0) is 11.2. The molecule has 1 aromatic carbocycles.